The maximum absolute atomic E-state index is 4.23. The predicted octanol–water partition coefficient (Wildman–Crippen LogP) is 4.18. The lowest BCUT2D eigenvalue weighted by molar-refractivity contribution is 0.198. The second-order valence-electron chi connectivity index (χ2n) is 6.76. The van der Waals surface area contributed by atoms with Gasteiger partial charge in [-0.25, -0.2) is 0 Å². The van der Waals surface area contributed by atoms with E-state index in [-0.39, 0.29) is 0 Å². The average Bonchev–Trinajstić information content (AvgIpc) is 2.22. The lowest BCUT2D eigenvalue weighted by Gasteiger charge is -2.39. The number of piperidine rings is 1. The normalized spacial score (nSPS) is 25.4. The molecule has 2 rings (SSSR count). The fraction of sp³-hybridized carbons (Fsp3) is 0.706. The Labute approximate surface area is 119 Å². The van der Waals surface area contributed by atoms with Crippen molar-refractivity contribution in [3.05, 3.63) is 29.1 Å². The second-order valence-corrected chi connectivity index (χ2v) is 6.76. The summed E-state index contributed by atoms with van der Waals surface area (Å²) < 4.78 is 0. The first kappa shape index (κ1) is 16.2. The average molecular weight is 262 g/mol. The number of hydrogen-bond acceptors (Lipinski definition) is 2. The van der Waals surface area contributed by atoms with Gasteiger partial charge in [-0.1, -0.05) is 6.92 Å². The smallest absolute Gasteiger partial charge is 0.0378 e. The van der Waals surface area contributed by atoms with Gasteiger partial charge >= 0.3 is 0 Å². The minimum Gasteiger partial charge on any atom is -0.309 e. The van der Waals surface area contributed by atoms with Gasteiger partial charge < -0.3 is 5.32 Å². The molecule has 0 spiro atoms. The molecule has 1 aliphatic heterocycles. The van der Waals surface area contributed by atoms with Crippen molar-refractivity contribution >= 4 is 0 Å². The van der Waals surface area contributed by atoms with Gasteiger partial charge in [0, 0.05) is 23.0 Å². The summed E-state index contributed by atoms with van der Waals surface area (Å²) in [4.78, 5) is 4.23. The van der Waals surface area contributed by atoms with E-state index in [9.17, 15) is 0 Å². The molecule has 1 aromatic heterocycles. The summed E-state index contributed by atoms with van der Waals surface area (Å²) in [5.41, 5.74) is 3.88. The summed E-state index contributed by atoms with van der Waals surface area (Å²) in [6.45, 7) is 15.3. The number of hydrogen-bond donors (Lipinski definition) is 1. The number of aromatic nitrogens is 1. The molecule has 2 heterocycles. The van der Waals surface area contributed by atoms with Crippen LogP contribution < -0.4 is 5.32 Å². The molecule has 2 nitrogen and oxygen atoms in total. The molecule has 0 radical (unpaired) electrons. The van der Waals surface area contributed by atoms with Crippen LogP contribution in [0.4, 0.5) is 0 Å². The van der Waals surface area contributed by atoms with E-state index in [2.05, 4.69) is 57.1 Å². The number of rotatable bonds is 0. The molecule has 108 valence electrons. The molecule has 1 aliphatic rings. The minimum absolute atomic E-state index is 0.381. The van der Waals surface area contributed by atoms with E-state index in [1.807, 2.05) is 13.8 Å². The van der Waals surface area contributed by atoms with Gasteiger partial charge in [0.15, 0.2) is 0 Å². The minimum atomic E-state index is 0.381. The zero-order valence-corrected chi connectivity index (χ0v) is 13.7. The monoisotopic (exact) mass is 262 g/mol. The topological polar surface area (TPSA) is 24.9 Å². The largest absolute Gasteiger partial charge is 0.309 e. The number of nitrogens with one attached hydrogen (secondary N) is 1. The summed E-state index contributed by atoms with van der Waals surface area (Å²) in [7, 11) is 0. The molecule has 1 aromatic rings. The fourth-order valence-corrected chi connectivity index (χ4v) is 2.71. The highest BCUT2D eigenvalue weighted by atomic mass is 15.0. The van der Waals surface area contributed by atoms with Crippen LogP contribution >= 0.6 is 0 Å². The van der Waals surface area contributed by atoms with E-state index < -0.39 is 0 Å². The molecule has 19 heavy (non-hydrogen) atoms. The lowest BCUT2D eigenvalue weighted by atomic mass is 9.83. The summed E-state index contributed by atoms with van der Waals surface area (Å²) in [5, 5.41) is 3.61. The SMILES string of the molecule is CC1CCC(C)(C)NC1C.Cc1cc(C)nc(C)c1. The summed E-state index contributed by atoms with van der Waals surface area (Å²) in [6.07, 6.45) is 2.69. The zero-order valence-electron chi connectivity index (χ0n) is 13.7. The third-order valence-electron chi connectivity index (χ3n) is 3.92. The van der Waals surface area contributed by atoms with Gasteiger partial charge in [0.1, 0.15) is 0 Å². The van der Waals surface area contributed by atoms with E-state index in [1.165, 1.54) is 18.4 Å². The molecule has 0 aliphatic carbocycles. The van der Waals surface area contributed by atoms with Gasteiger partial charge in [0.05, 0.1) is 0 Å². The van der Waals surface area contributed by atoms with Gasteiger partial charge in [-0.05, 0) is 78.0 Å². The molecule has 0 bridgehead atoms. The van der Waals surface area contributed by atoms with Crippen molar-refractivity contribution in [1.82, 2.24) is 10.3 Å². The molecule has 2 atom stereocenters. The van der Waals surface area contributed by atoms with E-state index in [4.69, 9.17) is 0 Å². The molecule has 1 fully saturated rings. The molecule has 1 N–H and O–H groups in total. The van der Waals surface area contributed by atoms with Gasteiger partial charge in [-0.15, -0.1) is 0 Å². The molecular weight excluding hydrogens is 232 g/mol. The third-order valence-corrected chi connectivity index (χ3v) is 3.92. The molecule has 0 amide bonds. The third kappa shape index (κ3) is 5.73. The number of aryl methyl sites for hydroxylation is 3. The van der Waals surface area contributed by atoms with Crippen LogP contribution in [0.2, 0.25) is 0 Å². The van der Waals surface area contributed by atoms with Crippen LogP contribution in [0.5, 0.6) is 0 Å². The Bertz CT molecular complexity index is 359. The van der Waals surface area contributed by atoms with Gasteiger partial charge in [-0.2, -0.15) is 0 Å². The van der Waals surface area contributed by atoms with Crippen molar-refractivity contribution in [2.75, 3.05) is 0 Å². The zero-order chi connectivity index (χ0) is 14.6. The molecule has 2 unspecified atom stereocenters. The van der Waals surface area contributed by atoms with Crippen molar-refractivity contribution in [3.63, 3.8) is 0 Å². The highest BCUT2D eigenvalue weighted by Gasteiger charge is 2.28. The van der Waals surface area contributed by atoms with Crippen LogP contribution in [0.15, 0.2) is 12.1 Å². The van der Waals surface area contributed by atoms with Gasteiger partial charge in [0.25, 0.3) is 0 Å². The Morgan fingerprint density at radius 1 is 1.11 bits per heavy atom. The number of nitrogens with zero attached hydrogens (tertiary/aromatic N) is 1. The van der Waals surface area contributed by atoms with Crippen LogP contribution in [0.3, 0.4) is 0 Å². The van der Waals surface area contributed by atoms with Crippen LogP contribution in [-0.2, 0) is 0 Å². The molecule has 0 saturated carbocycles. The van der Waals surface area contributed by atoms with Crippen LogP contribution in [0.25, 0.3) is 0 Å². The Balaban J connectivity index is 0.000000191. The van der Waals surface area contributed by atoms with E-state index >= 15 is 0 Å². The molecule has 2 heteroatoms. The highest BCUT2D eigenvalue weighted by molar-refractivity contribution is 5.18. The lowest BCUT2D eigenvalue weighted by Crippen LogP contribution is -2.51. The molecule has 1 saturated heterocycles. The van der Waals surface area contributed by atoms with Crippen molar-refractivity contribution < 1.29 is 0 Å². The standard InChI is InChI=1S/C9H19N.C8H11N/c1-7-5-6-9(3,4)10-8(7)2;1-6-4-7(2)9-8(3)5-6/h7-8,10H,5-6H2,1-4H3;4-5H,1-3H3. The van der Waals surface area contributed by atoms with Crippen molar-refractivity contribution in [2.24, 2.45) is 5.92 Å². The maximum atomic E-state index is 4.23. The maximum Gasteiger partial charge on any atom is 0.0378 e. The van der Waals surface area contributed by atoms with Gasteiger partial charge in [0.2, 0.25) is 0 Å². The van der Waals surface area contributed by atoms with Crippen molar-refractivity contribution in [1.29, 1.82) is 0 Å². The van der Waals surface area contributed by atoms with Crippen LogP contribution in [0, 0.1) is 26.7 Å². The number of pyridine rings is 1. The Morgan fingerprint density at radius 3 is 2.00 bits per heavy atom. The summed E-state index contributed by atoms with van der Waals surface area (Å²) in [6, 6.07) is 4.85. The van der Waals surface area contributed by atoms with Crippen molar-refractivity contribution in [2.45, 2.75) is 72.9 Å². The highest BCUT2D eigenvalue weighted by Crippen LogP contribution is 2.25. The first-order valence-corrected chi connectivity index (χ1v) is 7.39. The van der Waals surface area contributed by atoms with E-state index in [0.29, 0.717) is 11.6 Å². The summed E-state index contributed by atoms with van der Waals surface area (Å²) in [5.74, 6) is 0.855. The quantitative estimate of drug-likeness (QED) is 0.758. The van der Waals surface area contributed by atoms with Crippen molar-refractivity contribution in [3.8, 4) is 0 Å². The Hall–Kier alpha value is -0.890. The van der Waals surface area contributed by atoms with Gasteiger partial charge in [-0.3, -0.25) is 4.98 Å². The first-order chi connectivity index (χ1) is 8.69. The van der Waals surface area contributed by atoms with Crippen LogP contribution in [-0.4, -0.2) is 16.6 Å². The van der Waals surface area contributed by atoms with E-state index in [1.54, 1.807) is 0 Å². The Morgan fingerprint density at radius 2 is 1.63 bits per heavy atom. The predicted molar refractivity (Wildman–Crippen MR) is 83.5 cm³/mol. The molecule has 0 aromatic carbocycles. The van der Waals surface area contributed by atoms with E-state index in [0.717, 1.165) is 17.3 Å². The Kier molecular flexibility index (Phi) is 5.54. The molecular formula is C17H30N2. The van der Waals surface area contributed by atoms with Crippen LogP contribution in [0.1, 0.15) is 57.5 Å². The fourth-order valence-electron chi connectivity index (χ4n) is 2.71. The second kappa shape index (κ2) is 6.51. The summed E-state index contributed by atoms with van der Waals surface area (Å²) >= 11 is 0. The first-order valence-electron chi connectivity index (χ1n) is 7.39.